The average molecular weight is 528 g/mol. The van der Waals surface area contributed by atoms with E-state index in [9.17, 15) is 18.5 Å². The van der Waals surface area contributed by atoms with Crippen LogP contribution >= 0.6 is 0 Å². The second-order valence-electron chi connectivity index (χ2n) is 11.0. The number of aromatic nitrogens is 1. The lowest BCUT2D eigenvalue weighted by Gasteiger charge is -2.23. The molecule has 1 aromatic heterocycles. The van der Waals surface area contributed by atoms with Crippen LogP contribution in [0.4, 0.5) is 4.79 Å². The number of benzene rings is 1. The molecule has 0 aliphatic heterocycles. The van der Waals surface area contributed by atoms with Crippen LogP contribution < -0.4 is 10.1 Å². The number of fused-ring (bicyclic) bond motifs is 1. The number of amides is 1. The molecule has 2 aromatic rings. The van der Waals surface area contributed by atoms with E-state index in [0.29, 0.717) is 18.7 Å². The summed E-state index contributed by atoms with van der Waals surface area (Å²) in [5.74, 6) is 0.239. The maximum Gasteiger partial charge on any atom is 0.408 e. The van der Waals surface area contributed by atoms with Crippen LogP contribution in [-0.4, -0.2) is 43.8 Å². The van der Waals surface area contributed by atoms with E-state index in [0.717, 1.165) is 35.1 Å². The number of rotatable bonds is 8. The summed E-state index contributed by atoms with van der Waals surface area (Å²) in [4.78, 5) is 16.8. The van der Waals surface area contributed by atoms with E-state index in [1.807, 2.05) is 13.8 Å². The van der Waals surface area contributed by atoms with Crippen LogP contribution in [0, 0.1) is 31.1 Å². The largest absolute Gasteiger partial charge is 0.475 e. The van der Waals surface area contributed by atoms with Gasteiger partial charge in [0.05, 0.1) is 17.0 Å². The molecular formula is C27H33N3O6S. The normalized spacial score (nSPS) is 18.0. The fourth-order valence-electron chi connectivity index (χ4n) is 4.39. The highest BCUT2D eigenvalue weighted by atomic mass is 32.2. The number of nitrogens with one attached hydrogen (secondary N) is 1. The molecule has 1 heterocycles. The van der Waals surface area contributed by atoms with E-state index in [-0.39, 0.29) is 29.7 Å². The van der Waals surface area contributed by atoms with Crippen molar-refractivity contribution in [1.29, 1.82) is 5.26 Å². The Morgan fingerprint density at radius 1 is 1.16 bits per heavy atom. The minimum Gasteiger partial charge on any atom is -0.475 e. The molecule has 0 bridgehead atoms. The first-order valence-electron chi connectivity index (χ1n) is 12.3. The molecule has 2 aliphatic rings. The van der Waals surface area contributed by atoms with Crippen molar-refractivity contribution in [2.45, 2.75) is 76.3 Å². The van der Waals surface area contributed by atoms with Crippen molar-refractivity contribution in [1.82, 2.24) is 10.3 Å². The van der Waals surface area contributed by atoms with Gasteiger partial charge in [-0.15, -0.1) is 0 Å². The molecule has 10 heteroatoms. The highest BCUT2D eigenvalue weighted by Gasteiger charge is 2.46. The zero-order valence-corrected chi connectivity index (χ0v) is 22.7. The number of ether oxygens (including phenoxy) is 2. The molecule has 0 saturated heterocycles. The fourth-order valence-corrected chi connectivity index (χ4v) is 5.37. The number of aryl methyl sites for hydroxylation is 1. The van der Waals surface area contributed by atoms with Crippen molar-refractivity contribution in [2.24, 2.45) is 5.92 Å². The Hall–Kier alpha value is -3.16. The number of nitriles is 1. The fraction of sp³-hybridized carbons (Fsp3) is 0.519. The smallest absolute Gasteiger partial charge is 0.408 e. The Morgan fingerprint density at radius 2 is 1.81 bits per heavy atom. The van der Waals surface area contributed by atoms with Crippen molar-refractivity contribution in [3.8, 4) is 11.9 Å². The van der Waals surface area contributed by atoms with Crippen LogP contribution in [-0.2, 0) is 31.9 Å². The molecular weight excluding hydrogens is 494 g/mol. The SMILES string of the molecule is Cc1ccc(S(=O)(=O)OCC2Cc3c(C#N)nc(OCC4(NC(=O)OC(C)(C)C)CC4)c(C)c3C2)cc1. The predicted octanol–water partition coefficient (Wildman–Crippen LogP) is 4.13. The molecule has 198 valence electrons. The summed E-state index contributed by atoms with van der Waals surface area (Å²) in [6.45, 7) is 9.41. The molecule has 37 heavy (non-hydrogen) atoms. The number of carbonyl (C=O) groups is 1. The molecule has 1 amide bonds. The molecule has 1 unspecified atom stereocenters. The number of hydrogen-bond donors (Lipinski definition) is 1. The van der Waals surface area contributed by atoms with E-state index >= 15 is 0 Å². The van der Waals surface area contributed by atoms with Crippen LogP contribution in [0.25, 0.3) is 0 Å². The third kappa shape index (κ3) is 6.40. The first-order valence-corrected chi connectivity index (χ1v) is 13.7. The Labute approximate surface area is 218 Å². The summed E-state index contributed by atoms with van der Waals surface area (Å²) < 4.78 is 42.0. The highest BCUT2D eigenvalue weighted by Crippen LogP contribution is 2.39. The lowest BCUT2D eigenvalue weighted by molar-refractivity contribution is 0.0476. The molecule has 4 rings (SSSR count). The van der Waals surface area contributed by atoms with Gasteiger partial charge in [-0.25, -0.2) is 9.78 Å². The van der Waals surface area contributed by atoms with Crippen molar-refractivity contribution >= 4 is 16.2 Å². The van der Waals surface area contributed by atoms with E-state index in [1.165, 1.54) is 12.1 Å². The van der Waals surface area contributed by atoms with Crippen LogP contribution in [0.15, 0.2) is 29.2 Å². The minimum atomic E-state index is -3.88. The van der Waals surface area contributed by atoms with Gasteiger partial charge in [0.15, 0.2) is 0 Å². The van der Waals surface area contributed by atoms with Gasteiger partial charge < -0.3 is 14.8 Å². The maximum absolute atomic E-state index is 12.6. The molecule has 0 spiro atoms. The molecule has 9 nitrogen and oxygen atoms in total. The van der Waals surface area contributed by atoms with Crippen molar-refractivity contribution in [3.63, 3.8) is 0 Å². The number of hydrogen-bond acceptors (Lipinski definition) is 8. The summed E-state index contributed by atoms with van der Waals surface area (Å²) in [5.41, 5.74) is 2.68. The standard InChI is InChI=1S/C27H33N3O6S/c1-17-6-8-20(9-7-17)37(32,33)35-15-19-12-21-18(2)24(29-23(14-28)22(21)13-19)34-16-27(10-11-27)30-25(31)36-26(3,4)5/h6-9,19H,10-13,15-16H2,1-5H3,(H,30,31). The van der Waals surface area contributed by atoms with Gasteiger partial charge >= 0.3 is 6.09 Å². The lowest BCUT2D eigenvalue weighted by atomic mass is 10.0. The Balaban J connectivity index is 1.42. The molecule has 2 aliphatic carbocycles. The summed E-state index contributed by atoms with van der Waals surface area (Å²) in [6, 6.07) is 8.67. The molecule has 1 aromatic carbocycles. The Morgan fingerprint density at radius 3 is 2.41 bits per heavy atom. The third-order valence-corrected chi connectivity index (χ3v) is 7.90. The van der Waals surface area contributed by atoms with Crippen molar-refractivity contribution < 1.29 is 26.9 Å². The minimum absolute atomic E-state index is 0.00824. The molecule has 1 N–H and O–H groups in total. The molecule has 0 radical (unpaired) electrons. The first-order chi connectivity index (χ1) is 17.3. The molecule has 1 saturated carbocycles. The third-order valence-electron chi connectivity index (χ3n) is 6.60. The molecule has 1 fully saturated rings. The number of nitrogens with zero attached hydrogens (tertiary/aromatic N) is 2. The van der Waals surface area contributed by atoms with E-state index < -0.39 is 27.4 Å². The number of carbonyl (C=O) groups excluding carboxylic acids is 1. The van der Waals surface area contributed by atoms with Crippen LogP contribution in [0.1, 0.15) is 61.6 Å². The zero-order valence-electron chi connectivity index (χ0n) is 21.9. The monoisotopic (exact) mass is 527 g/mol. The molecule has 1 atom stereocenters. The second kappa shape index (κ2) is 9.95. The highest BCUT2D eigenvalue weighted by molar-refractivity contribution is 7.86. The van der Waals surface area contributed by atoms with Gasteiger partial charge in [0.25, 0.3) is 10.1 Å². The van der Waals surface area contributed by atoms with Gasteiger partial charge in [0, 0.05) is 5.56 Å². The van der Waals surface area contributed by atoms with Crippen molar-refractivity contribution in [3.05, 3.63) is 52.2 Å². The van der Waals surface area contributed by atoms with Gasteiger partial charge in [0.1, 0.15) is 24.0 Å². The maximum atomic E-state index is 12.6. The Bertz CT molecular complexity index is 1340. The average Bonchev–Trinajstić information content (AvgIpc) is 3.42. The zero-order chi connectivity index (χ0) is 27.0. The first kappa shape index (κ1) is 26.9. The lowest BCUT2D eigenvalue weighted by Crippen LogP contribution is -2.44. The van der Waals surface area contributed by atoms with Crippen LogP contribution in [0.5, 0.6) is 5.88 Å². The summed E-state index contributed by atoms with van der Waals surface area (Å²) >= 11 is 0. The van der Waals surface area contributed by atoms with Crippen molar-refractivity contribution in [2.75, 3.05) is 13.2 Å². The van der Waals surface area contributed by atoms with Gasteiger partial charge in [-0.3, -0.25) is 4.18 Å². The van der Waals surface area contributed by atoms with Crippen LogP contribution in [0.2, 0.25) is 0 Å². The summed E-state index contributed by atoms with van der Waals surface area (Å²) in [5, 5.41) is 12.6. The summed E-state index contributed by atoms with van der Waals surface area (Å²) in [6.07, 6.45) is 2.08. The predicted molar refractivity (Wildman–Crippen MR) is 136 cm³/mol. The van der Waals surface area contributed by atoms with E-state index in [4.69, 9.17) is 13.7 Å². The van der Waals surface area contributed by atoms with Gasteiger partial charge in [-0.1, -0.05) is 17.7 Å². The Kier molecular flexibility index (Phi) is 7.23. The van der Waals surface area contributed by atoms with Crippen LogP contribution in [0.3, 0.4) is 0 Å². The van der Waals surface area contributed by atoms with E-state index in [1.54, 1.807) is 32.9 Å². The summed E-state index contributed by atoms with van der Waals surface area (Å²) in [7, 11) is -3.88. The van der Waals surface area contributed by atoms with Gasteiger partial charge in [-0.05, 0) is 89.5 Å². The van der Waals surface area contributed by atoms with Gasteiger partial charge in [-0.2, -0.15) is 13.7 Å². The number of alkyl carbamates (subject to hydrolysis) is 1. The van der Waals surface area contributed by atoms with E-state index in [2.05, 4.69) is 16.4 Å². The number of pyridine rings is 1. The van der Waals surface area contributed by atoms with Gasteiger partial charge in [0.2, 0.25) is 5.88 Å². The quantitative estimate of drug-likeness (QED) is 0.508. The topological polar surface area (TPSA) is 128 Å². The second-order valence-corrected chi connectivity index (χ2v) is 12.6.